The second-order valence-corrected chi connectivity index (χ2v) is 2.91. The lowest BCUT2D eigenvalue weighted by atomic mass is 10.1. The molecule has 1 rings (SSSR count). The van der Waals surface area contributed by atoms with Crippen molar-refractivity contribution in [3.05, 3.63) is 40.7 Å². The molecule has 15 heavy (non-hydrogen) atoms. The number of rotatable bonds is 3. The van der Waals surface area contributed by atoms with Gasteiger partial charge in [0.15, 0.2) is 0 Å². The van der Waals surface area contributed by atoms with Gasteiger partial charge < -0.3 is 9.64 Å². The predicted molar refractivity (Wildman–Crippen MR) is 55.5 cm³/mol. The van der Waals surface area contributed by atoms with Crippen molar-refractivity contribution >= 4 is 5.97 Å². The molecule has 0 aromatic heterocycles. The van der Waals surface area contributed by atoms with Crippen LogP contribution in [0.25, 0.3) is 0 Å². The maximum absolute atomic E-state index is 11.4. The summed E-state index contributed by atoms with van der Waals surface area (Å²) in [6, 6.07) is 0. The highest BCUT2D eigenvalue weighted by Gasteiger charge is 2.13. The molecule has 5 nitrogen and oxygen atoms in total. The van der Waals surface area contributed by atoms with Crippen molar-refractivity contribution in [2.75, 3.05) is 13.7 Å². The largest absolute Gasteiger partial charge is 0.462 e. The summed E-state index contributed by atoms with van der Waals surface area (Å²) in [5.74, 6) is -0.404. The third-order valence-corrected chi connectivity index (χ3v) is 1.88. The van der Waals surface area contributed by atoms with Crippen LogP contribution in [0.15, 0.2) is 41.0 Å². The maximum atomic E-state index is 11.4. The Kier molecular flexibility index (Phi) is 3.79. The van der Waals surface area contributed by atoms with Crippen molar-refractivity contribution in [1.29, 1.82) is 0 Å². The molecule has 1 heterocycles. The zero-order valence-electron chi connectivity index (χ0n) is 8.64. The number of allylic oxidation sites excluding steroid dienone is 1. The second kappa shape index (κ2) is 5.09. The Morgan fingerprint density at radius 3 is 3.00 bits per heavy atom. The molecule has 0 fully saturated rings. The van der Waals surface area contributed by atoms with E-state index >= 15 is 0 Å². The monoisotopic (exact) mass is 208 g/mol. The Morgan fingerprint density at radius 1 is 1.67 bits per heavy atom. The molecule has 0 spiro atoms. The number of nitrogens with zero attached hydrogens (tertiary/aromatic N) is 2. The molecule has 0 atom stereocenters. The number of hydrogen-bond donors (Lipinski definition) is 0. The lowest BCUT2D eigenvalue weighted by Gasteiger charge is -2.19. The van der Waals surface area contributed by atoms with Crippen LogP contribution in [0, 0.1) is 4.91 Å². The summed E-state index contributed by atoms with van der Waals surface area (Å²) in [5, 5.41) is 2.67. The smallest absolute Gasteiger partial charge is 0.338 e. The molecule has 0 radical (unpaired) electrons. The average Bonchev–Trinajstić information content (AvgIpc) is 2.22. The minimum atomic E-state index is -0.404. The SMILES string of the molecule is CCOC(=O)C1=C/C(=C/N=O)N(C)C=C1. The van der Waals surface area contributed by atoms with Gasteiger partial charge in [-0.1, -0.05) is 0 Å². The maximum Gasteiger partial charge on any atom is 0.338 e. The number of carbonyl (C=O) groups excluding carboxylic acids is 1. The molecule has 0 aliphatic carbocycles. The van der Waals surface area contributed by atoms with Gasteiger partial charge in [0.05, 0.1) is 24.1 Å². The van der Waals surface area contributed by atoms with Gasteiger partial charge in [0.2, 0.25) is 0 Å². The van der Waals surface area contributed by atoms with Gasteiger partial charge in [-0.15, -0.1) is 4.91 Å². The van der Waals surface area contributed by atoms with Crippen LogP contribution in [0.3, 0.4) is 0 Å². The predicted octanol–water partition coefficient (Wildman–Crippen LogP) is 1.54. The summed E-state index contributed by atoms with van der Waals surface area (Å²) in [5.41, 5.74) is 0.959. The van der Waals surface area contributed by atoms with Crippen molar-refractivity contribution in [2.24, 2.45) is 5.18 Å². The normalized spacial score (nSPS) is 17.6. The summed E-state index contributed by atoms with van der Waals surface area (Å²) >= 11 is 0. The Bertz CT molecular complexity index is 356. The molecule has 5 heteroatoms. The molecule has 80 valence electrons. The summed E-state index contributed by atoms with van der Waals surface area (Å²) < 4.78 is 4.83. The minimum absolute atomic E-state index is 0.324. The van der Waals surface area contributed by atoms with Gasteiger partial charge >= 0.3 is 5.97 Å². The van der Waals surface area contributed by atoms with Gasteiger partial charge in [-0.25, -0.2) is 4.79 Å². The first-order valence-corrected chi connectivity index (χ1v) is 4.51. The van der Waals surface area contributed by atoms with E-state index in [1.165, 1.54) is 0 Å². The Labute approximate surface area is 87.7 Å². The van der Waals surface area contributed by atoms with Crippen LogP contribution >= 0.6 is 0 Å². The molecule has 0 aromatic rings. The minimum Gasteiger partial charge on any atom is -0.462 e. The quantitative estimate of drug-likeness (QED) is 0.521. The lowest BCUT2D eigenvalue weighted by molar-refractivity contribution is -0.138. The molecule has 0 amide bonds. The number of nitroso groups, excluding NO2 is 1. The van der Waals surface area contributed by atoms with E-state index in [1.54, 1.807) is 37.2 Å². The number of likely N-dealkylation sites (N-methyl/N-ethyl adjacent to an activating group) is 1. The van der Waals surface area contributed by atoms with E-state index < -0.39 is 5.97 Å². The van der Waals surface area contributed by atoms with E-state index in [-0.39, 0.29) is 0 Å². The Morgan fingerprint density at radius 2 is 2.40 bits per heavy atom. The van der Waals surface area contributed by atoms with Crippen molar-refractivity contribution in [3.8, 4) is 0 Å². The highest BCUT2D eigenvalue weighted by Crippen LogP contribution is 2.16. The number of ether oxygens (including phenoxy) is 1. The van der Waals surface area contributed by atoms with Gasteiger partial charge in [-0.3, -0.25) is 0 Å². The van der Waals surface area contributed by atoms with Crippen molar-refractivity contribution in [2.45, 2.75) is 6.92 Å². The van der Waals surface area contributed by atoms with E-state index in [1.807, 2.05) is 0 Å². The standard InChI is InChI=1S/C10H12N2O3/c1-3-15-10(13)8-4-5-12(2)9(6-8)7-11-14/h4-7H,3H2,1-2H3/b9-7-. The molecular weight excluding hydrogens is 196 g/mol. The number of carbonyl (C=O) groups is 1. The van der Waals surface area contributed by atoms with E-state index in [9.17, 15) is 9.70 Å². The van der Waals surface area contributed by atoms with Crippen molar-refractivity contribution in [1.82, 2.24) is 4.90 Å². The van der Waals surface area contributed by atoms with Crippen LogP contribution in [0.1, 0.15) is 6.92 Å². The van der Waals surface area contributed by atoms with Crippen LogP contribution < -0.4 is 0 Å². The third-order valence-electron chi connectivity index (χ3n) is 1.88. The molecule has 1 aliphatic heterocycles. The fourth-order valence-electron chi connectivity index (χ4n) is 1.11. The zero-order chi connectivity index (χ0) is 11.3. The molecule has 0 N–H and O–H groups in total. The van der Waals surface area contributed by atoms with Crippen LogP contribution in [0.2, 0.25) is 0 Å². The Hall–Kier alpha value is -1.91. The van der Waals surface area contributed by atoms with Crippen LogP contribution in [0.5, 0.6) is 0 Å². The van der Waals surface area contributed by atoms with Crippen molar-refractivity contribution < 1.29 is 9.53 Å². The summed E-state index contributed by atoms with van der Waals surface area (Å²) in [4.78, 5) is 23.1. The number of hydrogen-bond acceptors (Lipinski definition) is 5. The Balaban J connectivity index is 2.88. The number of esters is 1. The van der Waals surface area contributed by atoms with E-state index in [0.717, 1.165) is 6.20 Å². The molecule has 0 saturated heterocycles. The first kappa shape index (κ1) is 11.2. The van der Waals surface area contributed by atoms with Crippen molar-refractivity contribution in [3.63, 3.8) is 0 Å². The fraction of sp³-hybridized carbons (Fsp3) is 0.300. The van der Waals surface area contributed by atoms with Crippen LogP contribution in [-0.4, -0.2) is 24.5 Å². The molecule has 0 aromatic carbocycles. The first-order chi connectivity index (χ1) is 7.19. The average molecular weight is 208 g/mol. The third kappa shape index (κ3) is 2.77. The van der Waals surface area contributed by atoms with Gasteiger partial charge in [-0.2, -0.15) is 0 Å². The van der Waals surface area contributed by atoms with Gasteiger partial charge in [0, 0.05) is 13.2 Å². The van der Waals surface area contributed by atoms with Gasteiger partial charge in [0.1, 0.15) is 0 Å². The highest BCUT2D eigenvalue weighted by atomic mass is 16.5. The summed E-state index contributed by atoms with van der Waals surface area (Å²) in [6.07, 6.45) is 5.99. The zero-order valence-corrected chi connectivity index (χ0v) is 8.64. The fourth-order valence-corrected chi connectivity index (χ4v) is 1.11. The van der Waals surface area contributed by atoms with E-state index in [2.05, 4.69) is 5.18 Å². The lowest BCUT2D eigenvalue weighted by Crippen LogP contribution is -2.16. The summed E-state index contributed by atoms with van der Waals surface area (Å²) in [6.45, 7) is 2.06. The molecule has 1 aliphatic rings. The molecule has 0 bridgehead atoms. The van der Waals surface area contributed by atoms with E-state index in [0.29, 0.717) is 17.9 Å². The van der Waals surface area contributed by atoms with E-state index in [4.69, 9.17) is 4.74 Å². The van der Waals surface area contributed by atoms with Crippen LogP contribution in [-0.2, 0) is 9.53 Å². The second-order valence-electron chi connectivity index (χ2n) is 2.91. The summed E-state index contributed by atoms with van der Waals surface area (Å²) in [7, 11) is 1.76. The highest BCUT2D eigenvalue weighted by molar-refractivity contribution is 5.92. The van der Waals surface area contributed by atoms with Gasteiger partial charge in [0.25, 0.3) is 0 Å². The first-order valence-electron chi connectivity index (χ1n) is 4.51. The van der Waals surface area contributed by atoms with Crippen LogP contribution in [0.4, 0.5) is 0 Å². The van der Waals surface area contributed by atoms with Gasteiger partial charge in [-0.05, 0) is 24.3 Å². The topological polar surface area (TPSA) is 59.0 Å². The molecular formula is C10H12N2O3. The molecule has 0 saturated carbocycles. The molecule has 0 unspecified atom stereocenters.